The van der Waals surface area contributed by atoms with Crippen LogP contribution in [0.3, 0.4) is 0 Å². The maximum Gasteiger partial charge on any atom is 0.336 e. The molecule has 0 radical (unpaired) electrons. The van der Waals surface area contributed by atoms with E-state index in [2.05, 4.69) is 5.32 Å². The van der Waals surface area contributed by atoms with Gasteiger partial charge in [-0.15, -0.1) is 0 Å². The zero-order valence-corrected chi connectivity index (χ0v) is 19.7. The van der Waals surface area contributed by atoms with Gasteiger partial charge >= 0.3 is 11.6 Å². The Kier molecular flexibility index (Phi) is 7.41. The van der Waals surface area contributed by atoms with Crippen LogP contribution in [0.2, 0.25) is 0 Å². The van der Waals surface area contributed by atoms with Crippen LogP contribution in [0.25, 0.3) is 11.0 Å². The average molecular weight is 470 g/mol. The number of hydrogen-bond acceptors (Lipinski definition) is 5. The smallest absolute Gasteiger partial charge is 0.336 e. The number of rotatable bonds is 8. The highest BCUT2D eigenvalue weighted by atomic mass is 16.5. The van der Waals surface area contributed by atoms with E-state index >= 15 is 0 Å². The average Bonchev–Trinajstić information content (AvgIpc) is 2.84. The van der Waals surface area contributed by atoms with Gasteiger partial charge in [0.05, 0.1) is 6.42 Å². The quantitative estimate of drug-likeness (QED) is 0.233. The lowest BCUT2D eigenvalue weighted by molar-refractivity contribution is -0.139. The van der Waals surface area contributed by atoms with Gasteiger partial charge in [-0.3, -0.25) is 4.79 Å². The molecule has 0 fully saturated rings. The monoisotopic (exact) mass is 469 g/mol. The first kappa shape index (κ1) is 24.0. The molecule has 0 unspecified atom stereocenters. The maximum absolute atomic E-state index is 13.3. The summed E-state index contributed by atoms with van der Waals surface area (Å²) in [5.41, 5.74) is 3.22. The largest absolute Gasteiger partial charge is 0.425 e. The molecular weight excluding hydrogens is 442 g/mol. The molecule has 1 atom stereocenters. The molecule has 4 rings (SSSR count). The molecule has 6 nitrogen and oxygen atoms in total. The number of amides is 1. The summed E-state index contributed by atoms with van der Waals surface area (Å²) in [6.45, 7) is 3.79. The van der Waals surface area contributed by atoms with E-state index in [0.29, 0.717) is 17.8 Å². The second kappa shape index (κ2) is 10.8. The molecule has 1 amide bonds. The molecule has 35 heavy (non-hydrogen) atoms. The van der Waals surface area contributed by atoms with Gasteiger partial charge in [0.1, 0.15) is 17.4 Å². The zero-order valence-electron chi connectivity index (χ0n) is 19.7. The first-order valence-corrected chi connectivity index (χ1v) is 11.6. The third-order valence-electron chi connectivity index (χ3n) is 5.83. The standard InChI is InChI=1S/C29H27NO5/c1-3-22-17-23-19(2)14-28(32)34-26(23)18-25(22)35-29(33)24(15-20-10-6-4-7-11-20)30-27(31)16-21-12-8-5-9-13-21/h4-14,17-18,24H,3,15-16H2,1-2H3,(H,30,31)/t24-/m1/s1. The highest BCUT2D eigenvalue weighted by Crippen LogP contribution is 2.28. The lowest BCUT2D eigenvalue weighted by atomic mass is 10.0. The molecule has 0 aliphatic rings. The van der Waals surface area contributed by atoms with Crippen molar-refractivity contribution in [3.8, 4) is 5.75 Å². The van der Waals surface area contributed by atoms with E-state index in [-0.39, 0.29) is 18.7 Å². The number of carbonyl (C=O) groups is 2. The van der Waals surface area contributed by atoms with Crippen molar-refractivity contribution in [2.75, 3.05) is 0 Å². The minimum Gasteiger partial charge on any atom is -0.425 e. The van der Waals surface area contributed by atoms with Gasteiger partial charge < -0.3 is 14.5 Å². The fourth-order valence-corrected chi connectivity index (χ4v) is 4.01. The first-order valence-electron chi connectivity index (χ1n) is 11.6. The van der Waals surface area contributed by atoms with Crippen molar-refractivity contribution in [2.45, 2.75) is 39.2 Å². The fraction of sp³-hybridized carbons (Fsp3) is 0.207. The Morgan fingerprint density at radius 2 is 1.60 bits per heavy atom. The lowest BCUT2D eigenvalue weighted by Gasteiger charge is -2.19. The van der Waals surface area contributed by atoms with Crippen molar-refractivity contribution in [1.29, 1.82) is 0 Å². The molecule has 1 aromatic heterocycles. The van der Waals surface area contributed by atoms with Crippen LogP contribution < -0.4 is 15.7 Å². The van der Waals surface area contributed by atoms with Crippen molar-refractivity contribution in [2.24, 2.45) is 0 Å². The van der Waals surface area contributed by atoms with Crippen LogP contribution >= 0.6 is 0 Å². The molecule has 178 valence electrons. The second-order valence-corrected chi connectivity index (χ2v) is 8.45. The Morgan fingerprint density at radius 3 is 2.26 bits per heavy atom. The zero-order chi connectivity index (χ0) is 24.8. The van der Waals surface area contributed by atoms with Crippen LogP contribution in [-0.4, -0.2) is 17.9 Å². The van der Waals surface area contributed by atoms with E-state index in [1.165, 1.54) is 6.07 Å². The molecule has 4 aromatic rings. The summed E-state index contributed by atoms with van der Waals surface area (Å²) >= 11 is 0. The SMILES string of the molecule is CCc1cc2c(C)cc(=O)oc2cc1OC(=O)[C@@H](Cc1ccccc1)NC(=O)Cc1ccccc1. The molecule has 3 aromatic carbocycles. The van der Waals surface area contributed by atoms with Crippen molar-refractivity contribution < 1.29 is 18.7 Å². The number of ether oxygens (including phenoxy) is 1. The Hall–Kier alpha value is -4.19. The lowest BCUT2D eigenvalue weighted by Crippen LogP contribution is -2.45. The number of esters is 1. The summed E-state index contributed by atoms with van der Waals surface area (Å²) in [6, 6.07) is 22.8. The van der Waals surface area contributed by atoms with E-state index in [1.54, 1.807) is 6.07 Å². The van der Waals surface area contributed by atoms with Crippen molar-refractivity contribution in [3.63, 3.8) is 0 Å². The van der Waals surface area contributed by atoms with Crippen molar-refractivity contribution >= 4 is 22.8 Å². The topological polar surface area (TPSA) is 85.6 Å². The van der Waals surface area contributed by atoms with Crippen LogP contribution in [-0.2, 0) is 28.9 Å². The highest BCUT2D eigenvalue weighted by Gasteiger charge is 2.25. The minimum atomic E-state index is -0.890. The summed E-state index contributed by atoms with van der Waals surface area (Å²) in [6.07, 6.45) is 1.05. The summed E-state index contributed by atoms with van der Waals surface area (Å²) < 4.78 is 11.1. The molecule has 1 N–H and O–H groups in total. The molecule has 0 bridgehead atoms. The number of benzene rings is 3. The number of carbonyl (C=O) groups excluding carboxylic acids is 2. The summed E-state index contributed by atoms with van der Waals surface area (Å²) in [4.78, 5) is 37.9. The van der Waals surface area contributed by atoms with Gasteiger partial charge in [-0.25, -0.2) is 9.59 Å². The number of nitrogens with one attached hydrogen (secondary N) is 1. The molecule has 0 spiro atoms. The molecule has 0 aliphatic carbocycles. The van der Waals surface area contributed by atoms with Crippen molar-refractivity contribution in [3.05, 3.63) is 112 Å². The van der Waals surface area contributed by atoms with Gasteiger partial charge in [0.15, 0.2) is 0 Å². The minimum absolute atomic E-state index is 0.153. The number of fused-ring (bicyclic) bond motifs is 1. The Balaban J connectivity index is 1.60. The van der Waals surface area contributed by atoms with E-state index < -0.39 is 17.6 Å². The molecular formula is C29H27NO5. The van der Waals surface area contributed by atoms with Crippen LogP contribution in [0, 0.1) is 6.92 Å². The van der Waals surface area contributed by atoms with Gasteiger partial charge in [0.2, 0.25) is 5.91 Å². The van der Waals surface area contributed by atoms with Crippen LogP contribution in [0.15, 0.2) is 88.1 Å². The van der Waals surface area contributed by atoms with Gasteiger partial charge in [-0.2, -0.15) is 0 Å². The third-order valence-corrected chi connectivity index (χ3v) is 5.83. The van der Waals surface area contributed by atoms with Gasteiger partial charge in [0, 0.05) is 23.9 Å². The fourth-order valence-electron chi connectivity index (χ4n) is 4.01. The molecule has 0 saturated heterocycles. The van der Waals surface area contributed by atoms with E-state index in [9.17, 15) is 14.4 Å². The van der Waals surface area contributed by atoms with Crippen molar-refractivity contribution in [1.82, 2.24) is 5.32 Å². The van der Waals surface area contributed by atoms with E-state index in [1.807, 2.05) is 80.6 Å². The predicted octanol–water partition coefficient (Wildman–Crippen LogP) is 4.54. The summed E-state index contributed by atoms with van der Waals surface area (Å²) in [5.74, 6) is -0.543. The number of aryl methyl sites for hydroxylation is 2. The summed E-state index contributed by atoms with van der Waals surface area (Å²) in [7, 11) is 0. The van der Waals surface area contributed by atoms with Crippen LogP contribution in [0.1, 0.15) is 29.2 Å². The first-order chi connectivity index (χ1) is 16.9. The number of hydrogen-bond donors (Lipinski definition) is 1. The molecule has 0 saturated carbocycles. The highest BCUT2D eigenvalue weighted by molar-refractivity contribution is 5.88. The van der Waals surface area contributed by atoms with Gasteiger partial charge in [0.25, 0.3) is 0 Å². The molecule has 6 heteroatoms. The van der Waals surface area contributed by atoms with E-state index in [4.69, 9.17) is 9.15 Å². The normalized spacial score (nSPS) is 11.7. The van der Waals surface area contributed by atoms with Crippen LogP contribution in [0.5, 0.6) is 5.75 Å². The second-order valence-electron chi connectivity index (χ2n) is 8.45. The van der Waals surface area contributed by atoms with Gasteiger partial charge in [-0.1, -0.05) is 67.6 Å². The predicted molar refractivity (Wildman–Crippen MR) is 134 cm³/mol. The molecule has 0 aliphatic heterocycles. The van der Waals surface area contributed by atoms with E-state index in [0.717, 1.165) is 27.6 Å². The summed E-state index contributed by atoms with van der Waals surface area (Å²) in [5, 5.41) is 3.63. The van der Waals surface area contributed by atoms with Gasteiger partial charge in [-0.05, 0) is 41.7 Å². The Bertz CT molecular complexity index is 1390. The Labute approximate surface area is 203 Å². The molecule has 1 heterocycles. The maximum atomic E-state index is 13.3. The van der Waals surface area contributed by atoms with Crippen LogP contribution in [0.4, 0.5) is 0 Å². The third kappa shape index (κ3) is 6.03. The Morgan fingerprint density at radius 1 is 0.943 bits per heavy atom.